The van der Waals surface area contributed by atoms with Crippen LogP contribution in [0.1, 0.15) is 19.4 Å². The average Bonchev–Trinajstić information content (AvgIpc) is 2.35. The van der Waals surface area contributed by atoms with Gasteiger partial charge in [-0.25, -0.2) is 13.1 Å². The number of hydrogen-bond donors (Lipinski definition) is 3. The lowest BCUT2D eigenvalue weighted by Crippen LogP contribution is -2.39. The Morgan fingerprint density at radius 3 is 2.55 bits per heavy atom. The van der Waals surface area contributed by atoms with Crippen molar-refractivity contribution in [3.63, 3.8) is 0 Å². The van der Waals surface area contributed by atoms with Crippen molar-refractivity contribution in [2.45, 2.75) is 31.3 Å². The van der Waals surface area contributed by atoms with Crippen LogP contribution in [0.4, 0.5) is 0 Å². The van der Waals surface area contributed by atoms with Gasteiger partial charge in [-0.15, -0.1) is 0 Å². The van der Waals surface area contributed by atoms with Crippen molar-refractivity contribution in [1.29, 1.82) is 0 Å². The van der Waals surface area contributed by atoms with Crippen molar-refractivity contribution < 1.29 is 13.2 Å². The number of rotatable bonds is 6. The van der Waals surface area contributed by atoms with Crippen LogP contribution in [0.5, 0.6) is 0 Å². The number of carbonyl (C=O) groups is 1. The third-order valence-electron chi connectivity index (χ3n) is 2.43. The molecule has 6 nitrogen and oxygen atoms in total. The first-order chi connectivity index (χ1) is 9.26. The number of hydrogen-bond acceptors (Lipinski definition) is 4. The number of amides is 1. The maximum absolute atomic E-state index is 12.0. The van der Waals surface area contributed by atoms with E-state index in [1.165, 1.54) is 12.1 Å². The maximum Gasteiger partial charge on any atom is 0.241 e. The van der Waals surface area contributed by atoms with Gasteiger partial charge < -0.3 is 11.1 Å². The van der Waals surface area contributed by atoms with E-state index in [0.29, 0.717) is 5.56 Å². The van der Waals surface area contributed by atoms with Gasteiger partial charge in [-0.05, 0) is 31.5 Å². The Bertz CT molecular complexity index is 588. The molecule has 4 N–H and O–H groups in total. The van der Waals surface area contributed by atoms with Gasteiger partial charge in [-0.1, -0.05) is 17.7 Å². The van der Waals surface area contributed by atoms with E-state index in [1.54, 1.807) is 19.9 Å². The fourth-order valence-electron chi connectivity index (χ4n) is 1.48. The highest BCUT2D eigenvalue weighted by atomic mass is 35.5. The zero-order chi connectivity index (χ0) is 15.3. The van der Waals surface area contributed by atoms with Crippen LogP contribution >= 0.6 is 11.6 Å². The Balaban J connectivity index is 2.79. The van der Waals surface area contributed by atoms with E-state index in [9.17, 15) is 13.2 Å². The van der Waals surface area contributed by atoms with Crippen LogP contribution in [-0.2, 0) is 21.4 Å². The minimum Gasteiger partial charge on any atom is -0.353 e. The zero-order valence-electron chi connectivity index (χ0n) is 11.3. The second-order valence-corrected chi connectivity index (χ2v) is 6.68. The van der Waals surface area contributed by atoms with Crippen LogP contribution in [0.2, 0.25) is 5.02 Å². The fourth-order valence-corrected chi connectivity index (χ4v) is 2.81. The molecule has 0 aliphatic heterocycles. The summed E-state index contributed by atoms with van der Waals surface area (Å²) in [7, 11) is -3.77. The van der Waals surface area contributed by atoms with Gasteiger partial charge in [0.2, 0.25) is 15.9 Å². The average molecular weight is 320 g/mol. The van der Waals surface area contributed by atoms with Crippen molar-refractivity contribution in [2.24, 2.45) is 5.73 Å². The molecule has 0 spiro atoms. The van der Waals surface area contributed by atoms with Gasteiger partial charge in [0.25, 0.3) is 0 Å². The molecule has 20 heavy (non-hydrogen) atoms. The SMILES string of the molecule is CC(C)NC(=O)CNS(=O)(=O)c1ccc(CN)c(Cl)c1. The van der Waals surface area contributed by atoms with Crippen LogP contribution in [0.3, 0.4) is 0 Å². The number of halogens is 1. The van der Waals surface area contributed by atoms with Crippen LogP contribution in [0.25, 0.3) is 0 Å². The molecule has 0 unspecified atom stereocenters. The number of nitrogens with two attached hydrogens (primary N) is 1. The monoisotopic (exact) mass is 319 g/mol. The molecule has 112 valence electrons. The van der Waals surface area contributed by atoms with Gasteiger partial charge in [-0.3, -0.25) is 4.79 Å². The van der Waals surface area contributed by atoms with Gasteiger partial charge in [0.1, 0.15) is 0 Å². The molecule has 0 aliphatic carbocycles. The summed E-state index contributed by atoms with van der Waals surface area (Å²) in [6.07, 6.45) is 0. The van der Waals surface area contributed by atoms with E-state index in [4.69, 9.17) is 17.3 Å². The third-order valence-corrected chi connectivity index (χ3v) is 4.18. The Labute approximate surface area is 123 Å². The molecule has 1 aromatic rings. The molecule has 0 saturated carbocycles. The molecule has 8 heteroatoms. The topological polar surface area (TPSA) is 101 Å². The van der Waals surface area contributed by atoms with E-state index < -0.39 is 15.9 Å². The quantitative estimate of drug-likeness (QED) is 0.714. The molecule has 0 aliphatic rings. The van der Waals surface area contributed by atoms with Gasteiger partial charge in [0.05, 0.1) is 11.4 Å². The van der Waals surface area contributed by atoms with Gasteiger partial charge in [0, 0.05) is 17.6 Å². The van der Waals surface area contributed by atoms with Crippen molar-refractivity contribution in [3.8, 4) is 0 Å². The number of nitrogens with one attached hydrogen (secondary N) is 2. The first kappa shape index (κ1) is 16.9. The molecular weight excluding hydrogens is 302 g/mol. The standard InChI is InChI=1S/C12H18ClN3O3S/c1-8(2)16-12(17)7-15-20(18,19)10-4-3-9(6-14)11(13)5-10/h3-5,8,15H,6-7,14H2,1-2H3,(H,16,17). The smallest absolute Gasteiger partial charge is 0.241 e. The lowest BCUT2D eigenvalue weighted by atomic mass is 10.2. The van der Waals surface area contributed by atoms with E-state index in [-0.39, 0.29) is 29.0 Å². The normalized spacial score (nSPS) is 11.7. The van der Waals surface area contributed by atoms with Crippen molar-refractivity contribution >= 4 is 27.5 Å². The summed E-state index contributed by atoms with van der Waals surface area (Å²) in [6, 6.07) is 4.21. The number of carbonyl (C=O) groups excluding carboxylic acids is 1. The van der Waals surface area contributed by atoms with Crippen LogP contribution in [0, 0.1) is 0 Å². The molecule has 1 rings (SSSR count). The predicted molar refractivity (Wildman–Crippen MR) is 77.8 cm³/mol. The molecular formula is C12H18ClN3O3S. The van der Waals surface area contributed by atoms with Gasteiger partial charge in [-0.2, -0.15) is 0 Å². The number of benzene rings is 1. The summed E-state index contributed by atoms with van der Waals surface area (Å²) in [5.41, 5.74) is 6.11. The third kappa shape index (κ3) is 4.75. The van der Waals surface area contributed by atoms with Crippen molar-refractivity contribution in [1.82, 2.24) is 10.0 Å². The van der Waals surface area contributed by atoms with E-state index in [1.807, 2.05) is 0 Å². The first-order valence-corrected chi connectivity index (χ1v) is 7.90. The molecule has 0 aromatic heterocycles. The minimum atomic E-state index is -3.77. The Hall–Kier alpha value is -1.15. The Morgan fingerprint density at radius 2 is 2.05 bits per heavy atom. The molecule has 0 fully saturated rings. The summed E-state index contributed by atoms with van der Waals surface area (Å²) in [5.74, 6) is -0.395. The molecule has 1 amide bonds. The van der Waals surface area contributed by atoms with Gasteiger partial charge in [0.15, 0.2) is 0 Å². The predicted octanol–water partition coefficient (Wildman–Crippen LogP) is 0.602. The largest absolute Gasteiger partial charge is 0.353 e. The van der Waals surface area contributed by atoms with E-state index >= 15 is 0 Å². The van der Waals surface area contributed by atoms with Gasteiger partial charge >= 0.3 is 0 Å². The Kier molecular flexibility index (Phi) is 5.94. The highest BCUT2D eigenvalue weighted by Crippen LogP contribution is 2.20. The highest BCUT2D eigenvalue weighted by Gasteiger charge is 2.17. The minimum absolute atomic E-state index is 0.00273. The number of sulfonamides is 1. The zero-order valence-corrected chi connectivity index (χ0v) is 12.9. The molecule has 0 heterocycles. The summed E-state index contributed by atoms with van der Waals surface area (Å²) in [4.78, 5) is 11.4. The fraction of sp³-hybridized carbons (Fsp3) is 0.417. The van der Waals surface area contributed by atoms with E-state index in [2.05, 4.69) is 10.0 Å². The van der Waals surface area contributed by atoms with Crippen LogP contribution in [0.15, 0.2) is 23.1 Å². The first-order valence-electron chi connectivity index (χ1n) is 6.04. The summed E-state index contributed by atoms with van der Waals surface area (Å²) < 4.78 is 26.2. The summed E-state index contributed by atoms with van der Waals surface area (Å²) in [5, 5.41) is 2.87. The summed E-state index contributed by atoms with van der Waals surface area (Å²) in [6.45, 7) is 3.48. The highest BCUT2D eigenvalue weighted by molar-refractivity contribution is 7.89. The molecule has 0 bridgehead atoms. The summed E-state index contributed by atoms with van der Waals surface area (Å²) >= 11 is 5.92. The molecule has 0 atom stereocenters. The maximum atomic E-state index is 12.0. The van der Waals surface area contributed by atoms with Crippen molar-refractivity contribution in [3.05, 3.63) is 28.8 Å². The van der Waals surface area contributed by atoms with E-state index in [0.717, 1.165) is 0 Å². The van der Waals surface area contributed by atoms with Crippen LogP contribution < -0.4 is 15.8 Å². The lowest BCUT2D eigenvalue weighted by molar-refractivity contribution is -0.120. The lowest BCUT2D eigenvalue weighted by Gasteiger charge is -2.10. The molecule has 0 radical (unpaired) electrons. The second kappa shape index (κ2) is 7.03. The second-order valence-electron chi connectivity index (χ2n) is 4.50. The van der Waals surface area contributed by atoms with Crippen LogP contribution in [-0.4, -0.2) is 26.9 Å². The van der Waals surface area contributed by atoms with Crippen molar-refractivity contribution in [2.75, 3.05) is 6.54 Å². The molecule has 1 aromatic carbocycles. The Morgan fingerprint density at radius 1 is 1.40 bits per heavy atom. The molecule has 0 saturated heterocycles.